The van der Waals surface area contributed by atoms with Gasteiger partial charge in [0.2, 0.25) is 0 Å². The van der Waals surface area contributed by atoms with E-state index >= 15 is 0 Å². The predicted molar refractivity (Wildman–Crippen MR) is 72.2 cm³/mol. The lowest BCUT2D eigenvalue weighted by molar-refractivity contribution is -0.137. The number of hydrogen-bond acceptors (Lipinski definition) is 4. The first-order valence-corrected chi connectivity index (χ1v) is 5.28. The minimum Gasteiger partial charge on any atom is -0.480 e. The van der Waals surface area contributed by atoms with Gasteiger partial charge in [-0.15, -0.1) is 12.4 Å². The average molecular weight is 268 g/mol. The van der Waals surface area contributed by atoms with Gasteiger partial charge < -0.3 is 10.4 Å². The maximum absolute atomic E-state index is 10.8. The lowest BCUT2D eigenvalue weighted by atomic mass is 10.1. The molecular weight excluding hydrogens is 254 g/mol. The van der Waals surface area contributed by atoms with Crippen LogP contribution in [0.2, 0.25) is 0 Å². The van der Waals surface area contributed by atoms with Crippen LogP contribution in [0.4, 0.5) is 5.82 Å². The Morgan fingerprint density at radius 3 is 2.78 bits per heavy atom. The van der Waals surface area contributed by atoms with Crippen molar-refractivity contribution in [2.24, 2.45) is 0 Å². The summed E-state index contributed by atoms with van der Waals surface area (Å²) in [5, 5.41) is 12.6. The molecule has 0 bridgehead atoms. The molecule has 1 heterocycles. The van der Waals surface area contributed by atoms with Crippen molar-refractivity contribution >= 4 is 35.1 Å². The third kappa shape index (κ3) is 2.87. The van der Waals surface area contributed by atoms with Crippen molar-refractivity contribution in [1.29, 1.82) is 0 Å². The van der Waals surface area contributed by atoms with E-state index in [1.807, 2.05) is 25.1 Å². The van der Waals surface area contributed by atoms with Crippen LogP contribution in [0, 0.1) is 6.92 Å². The summed E-state index contributed by atoms with van der Waals surface area (Å²) >= 11 is 0. The van der Waals surface area contributed by atoms with E-state index in [2.05, 4.69) is 15.3 Å². The van der Waals surface area contributed by atoms with Gasteiger partial charge in [0.05, 0.1) is 5.52 Å². The first-order chi connectivity index (χ1) is 8.08. The number of carboxylic acids is 1. The lowest BCUT2D eigenvalue weighted by Crippen LogP contribution is -2.26. The fraction of sp³-hybridized carbons (Fsp3) is 0.250. The second kappa shape index (κ2) is 5.64. The van der Waals surface area contributed by atoms with Gasteiger partial charge in [-0.2, -0.15) is 0 Å². The van der Waals surface area contributed by atoms with E-state index in [0.717, 1.165) is 16.5 Å². The largest absolute Gasteiger partial charge is 0.480 e. The molecule has 0 saturated carbocycles. The molecule has 18 heavy (non-hydrogen) atoms. The summed E-state index contributed by atoms with van der Waals surface area (Å²) in [5.74, 6) is -0.363. The fourth-order valence-corrected chi connectivity index (χ4v) is 1.55. The van der Waals surface area contributed by atoms with E-state index in [9.17, 15) is 4.79 Å². The van der Waals surface area contributed by atoms with Gasteiger partial charge >= 0.3 is 5.97 Å². The molecule has 0 saturated heterocycles. The standard InChI is InChI=1S/C12H13N3O2.ClH/c1-7-3-4-10-9(5-7)11(14-6-13-10)15-8(2)12(16)17;/h3-6,8H,1-2H3,(H,16,17)(H,13,14,15);1H. The van der Waals surface area contributed by atoms with Crippen LogP contribution in [0.5, 0.6) is 0 Å². The van der Waals surface area contributed by atoms with Gasteiger partial charge in [-0.3, -0.25) is 4.79 Å². The summed E-state index contributed by atoms with van der Waals surface area (Å²) in [7, 11) is 0. The molecule has 0 aliphatic carbocycles. The number of aliphatic carboxylic acids is 1. The quantitative estimate of drug-likeness (QED) is 0.892. The number of benzene rings is 1. The summed E-state index contributed by atoms with van der Waals surface area (Å²) in [6, 6.07) is 5.10. The molecule has 0 radical (unpaired) electrons. The number of aromatic nitrogens is 2. The highest BCUT2D eigenvalue weighted by atomic mass is 35.5. The van der Waals surface area contributed by atoms with Gasteiger partial charge in [0.15, 0.2) is 0 Å². The molecule has 2 aromatic rings. The third-order valence-corrected chi connectivity index (χ3v) is 2.51. The van der Waals surface area contributed by atoms with E-state index < -0.39 is 12.0 Å². The molecule has 1 aromatic carbocycles. The minimum atomic E-state index is -0.913. The zero-order chi connectivity index (χ0) is 12.4. The molecule has 0 fully saturated rings. The molecule has 5 nitrogen and oxygen atoms in total. The fourth-order valence-electron chi connectivity index (χ4n) is 1.55. The molecule has 1 aromatic heterocycles. The number of carboxylic acid groups (broad SMARTS) is 1. The van der Waals surface area contributed by atoms with Crippen LogP contribution < -0.4 is 5.32 Å². The molecule has 0 aliphatic rings. The van der Waals surface area contributed by atoms with Crippen LogP contribution in [0.3, 0.4) is 0 Å². The summed E-state index contributed by atoms with van der Waals surface area (Å²) in [6.45, 7) is 3.54. The molecule has 1 unspecified atom stereocenters. The molecule has 0 spiro atoms. The van der Waals surface area contributed by atoms with Crippen LogP contribution >= 0.6 is 12.4 Å². The normalized spacial score (nSPS) is 11.7. The van der Waals surface area contributed by atoms with Crippen molar-refractivity contribution in [3.8, 4) is 0 Å². The Bertz CT molecular complexity index is 574. The van der Waals surface area contributed by atoms with Gasteiger partial charge in [-0.25, -0.2) is 9.97 Å². The van der Waals surface area contributed by atoms with Crippen molar-refractivity contribution in [3.63, 3.8) is 0 Å². The van der Waals surface area contributed by atoms with Crippen LogP contribution in [-0.4, -0.2) is 27.1 Å². The molecule has 2 rings (SSSR count). The van der Waals surface area contributed by atoms with Gasteiger partial charge in [0.1, 0.15) is 18.2 Å². The highest BCUT2D eigenvalue weighted by molar-refractivity contribution is 5.91. The van der Waals surface area contributed by atoms with Gasteiger partial charge in [-0.05, 0) is 26.0 Å². The molecule has 0 aliphatic heterocycles. The van der Waals surface area contributed by atoms with E-state index in [1.165, 1.54) is 6.33 Å². The molecular formula is C12H14ClN3O2. The van der Waals surface area contributed by atoms with Crippen molar-refractivity contribution < 1.29 is 9.90 Å². The predicted octanol–water partition coefficient (Wildman–Crippen LogP) is 2.25. The number of fused-ring (bicyclic) bond motifs is 1. The van der Waals surface area contributed by atoms with E-state index in [1.54, 1.807) is 6.92 Å². The first-order valence-electron chi connectivity index (χ1n) is 5.28. The Balaban J connectivity index is 0.00000162. The Kier molecular flexibility index (Phi) is 4.44. The van der Waals surface area contributed by atoms with E-state index in [0.29, 0.717) is 5.82 Å². The smallest absolute Gasteiger partial charge is 0.325 e. The first kappa shape index (κ1) is 14.2. The summed E-state index contributed by atoms with van der Waals surface area (Å²) in [6.07, 6.45) is 1.43. The van der Waals surface area contributed by atoms with Crippen LogP contribution in [0.15, 0.2) is 24.5 Å². The number of nitrogens with zero attached hydrogens (tertiary/aromatic N) is 2. The topological polar surface area (TPSA) is 75.1 Å². The SMILES string of the molecule is Cc1ccc2ncnc(NC(C)C(=O)O)c2c1.Cl. The van der Waals surface area contributed by atoms with Crippen LogP contribution in [0.25, 0.3) is 10.9 Å². The van der Waals surface area contributed by atoms with Crippen molar-refractivity contribution in [2.45, 2.75) is 19.9 Å². The van der Waals surface area contributed by atoms with Gasteiger partial charge in [-0.1, -0.05) is 11.6 Å². The number of nitrogens with one attached hydrogen (secondary N) is 1. The highest BCUT2D eigenvalue weighted by Gasteiger charge is 2.12. The van der Waals surface area contributed by atoms with Gasteiger partial charge in [0.25, 0.3) is 0 Å². The number of rotatable bonds is 3. The monoisotopic (exact) mass is 267 g/mol. The number of halogens is 1. The van der Waals surface area contributed by atoms with Crippen molar-refractivity contribution in [2.75, 3.05) is 5.32 Å². The molecule has 96 valence electrons. The Morgan fingerprint density at radius 2 is 2.11 bits per heavy atom. The molecule has 1 atom stereocenters. The van der Waals surface area contributed by atoms with Crippen LogP contribution in [-0.2, 0) is 4.79 Å². The molecule has 6 heteroatoms. The van der Waals surface area contributed by atoms with Crippen molar-refractivity contribution in [1.82, 2.24) is 9.97 Å². The second-order valence-corrected chi connectivity index (χ2v) is 3.95. The number of aryl methyl sites for hydroxylation is 1. The number of hydrogen-bond donors (Lipinski definition) is 2. The zero-order valence-corrected chi connectivity index (χ0v) is 10.9. The zero-order valence-electron chi connectivity index (χ0n) is 10.0. The van der Waals surface area contributed by atoms with E-state index in [4.69, 9.17) is 5.11 Å². The summed E-state index contributed by atoms with van der Waals surface area (Å²) < 4.78 is 0. The Hall–Kier alpha value is -1.88. The molecule has 0 amide bonds. The van der Waals surface area contributed by atoms with Crippen LogP contribution in [0.1, 0.15) is 12.5 Å². The summed E-state index contributed by atoms with van der Waals surface area (Å²) in [4.78, 5) is 19.0. The number of carbonyl (C=O) groups is 1. The highest BCUT2D eigenvalue weighted by Crippen LogP contribution is 2.20. The maximum Gasteiger partial charge on any atom is 0.325 e. The minimum absolute atomic E-state index is 0. The second-order valence-electron chi connectivity index (χ2n) is 3.95. The number of anilines is 1. The average Bonchev–Trinajstić information content (AvgIpc) is 2.29. The Labute approximate surface area is 111 Å². The van der Waals surface area contributed by atoms with Gasteiger partial charge in [0, 0.05) is 5.39 Å². The summed E-state index contributed by atoms with van der Waals surface area (Å²) in [5.41, 5.74) is 1.88. The lowest BCUT2D eigenvalue weighted by Gasteiger charge is -2.11. The molecule has 2 N–H and O–H groups in total. The van der Waals surface area contributed by atoms with E-state index in [-0.39, 0.29) is 12.4 Å². The Morgan fingerprint density at radius 1 is 1.39 bits per heavy atom. The third-order valence-electron chi connectivity index (χ3n) is 2.51. The van der Waals surface area contributed by atoms with Crippen molar-refractivity contribution in [3.05, 3.63) is 30.1 Å². The maximum atomic E-state index is 10.8.